The average molecular weight is 238 g/mol. The highest BCUT2D eigenvalue weighted by Gasteiger charge is 2.35. The molecule has 1 unspecified atom stereocenters. The number of aliphatic carboxylic acids is 1. The Morgan fingerprint density at radius 3 is 2.82 bits per heavy atom. The van der Waals surface area contributed by atoms with Gasteiger partial charge < -0.3 is 14.4 Å². The maximum atomic E-state index is 12.1. The van der Waals surface area contributed by atoms with Crippen LogP contribution in [-0.4, -0.2) is 39.5 Å². The van der Waals surface area contributed by atoms with Gasteiger partial charge in [0.25, 0.3) is 5.91 Å². The van der Waals surface area contributed by atoms with Crippen LogP contribution in [0.1, 0.15) is 30.3 Å². The van der Waals surface area contributed by atoms with Crippen LogP contribution in [0.5, 0.6) is 0 Å². The Kier molecular flexibility index (Phi) is 3.12. The molecule has 92 valence electrons. The van der Waals surface area contributed by atoms with Gasteiger partial charge in [-0.05, 0) is 12.8 Å². The van der Waals surface area contributed by atoms with Gasteiger partial charge in [0.15, 0.2) is 12.1 Å². The third-order valence-corrected chi connectivity index (χ3v) is 2.79. The first kappa shape index (κ1) is 11.6. The molecule has 6 nitrogen and oxygen atoms in total. The first-order chi connectivity index (χ1) is 8.09. The standard InChI is InChI=1S/C11H14N2O4/c1-7(11(15)16)4-13(8-2-3-8)10(14)9-5-17-6-12-9/h5-8H,2-4H2,1H3,(H,15,16). The van der Waals surface area contributed by atoms with Crippen molar-refractivity contribution in [2.24, 2.45) is 5.92 Å². The molecule has 1 fully saturated rings. The molecule has 1 saturated carbocycles. The summed E-state index contributed by atoms with van der Waals surface area (Å²) in [7, 11) is 0. The number of oxazole rings is 1. The zero-order valence-electron chi connectivity index (χ0n) is 9.50. The van der Waals surface area contributed by atoms with E-state index in [-0.39, 0.29) is 24.2 Å². The maximum absolute atomic E-state index is 12.1. The highest BCUT2D eigenvalue weighted by molar-refractivity contribution is 5.92. The van der Waals surface area contributed by atoms with Crippen LogP contribution in [0.2, 0.25) is 0 Å². The predicted molar refractivity (Wildman–Crippen MR) is 57.4 cm³/mol. The fraction of sp³-hybridized carbons (Fsp3) is 0.545. The van der Waals surface area contributed by atoms with E-state index in [1.54, 1.807) is 11.8 Å². The van der Waals surface area contributed by atoms with E-state index in [9.17, 15) is 9.59 Å². The van der Waals surface area contributed by atoms with E-state index >= 15 is 0 Å². The highest BCUT2D eigenvalue weighted by atomic mass is 16.4. The average Bonchev–Trinajstić information content (AvgIpc) is 2.98. The lowest BCUT2D eigenvalue weighted by Crippen LogP contribution is -2.38. The topological polar surface area (TPSA) is 83.6 Å². The predicted octanol–water partition coefficient (Wildman–Crippen LogP) is 1.000. The van der Waals surface area contributed by atoms with Gasteiger partial charge in [0.2, 0.25) is 0 Å². The van der Waals surface area contributed by atoms with Crippen molar-refractivity contribution < 1.29 is 19.1 Å². The Morgan fingerprint density at radius 1 is 1.65 bits per heavy atom. The van der Waals surface area contributed by atoms with Crippen molar-refractivity contribution in [2.45, 2.75) is 25.8 Å². The first-order valence-electron chi connectivity index (χ1n) is 5.51. The zero-order valence-corrected chi connectivity index (χ0v) is 9.50. The van der Waals surface area contributed by atoms with Crippen molar-refractivity contribution in [1.29, 1.82) is 0 Å². The van der Waals surface area contributed by atoms with Gasteiger partial charge in [-0.1, -0.05) is 6.92 Å². The molecular weight excluding hydrogens is 224 g/mol. The second-order valence-electron chi connectivity index (χ2n) is 4.30. The van der Waals surface area contributed by atoms with Crippen LogP contribution in [0.15, 0.2) is 17.1 Å². The summed E-state index contributed by atoms with van der Waals surface area (Å²) < 4.78 is 4.76. The lowest BCUT2D eigenvalue weighted by Gasteiger charge is -2.23. The molecule has 0 aromatic carbocycles. The van der Waals surface area contributed by atoms with E-state index in [4.69, 9.17) is 9.52 Å². The van der Waals surface area contributed by atoms with E-state index in [0.717, 1.165) is 12.8 Å². The summed E-state index contributed by atoms with van der Waals surface area (Å²) in [5.41, 5.74) is 0.231. The number of carbonyl (C=O) groups excluding carboxylic acids is 1. The number of amides is 1. The van der Waals surface area contributed by atoms with Crippen LogP contribution in [0.4, 0.5) is 0 Å². The molecule has 2 rings (SSSR count). The Bertz CT molecular complexity index is 411. The minimum atomic E-state index is -0.899. The Morgan fingerprint density at radius 2 is 2.35 bits per heavy atom. The molecule has 0 bridgehead atoms. The number of aromatic nitrogens is 1. The second-order valence-corrected chi connectivity index (χ2v) is 4.30. The Labute approximate surface area is 98.2 Å². The summed E-state index contributed by atoms with van der Waals surface area (Å²) in [5, 5.41) is 8.87. The van der Waals surface area contributed by atoms with E-state index in [1.165, 1.54) is 12.7 Å². The zero-order chi connectivity index (χ0) is 12.4. The van der Waals surface area contributed by atoms with Crippen LogP contribution in [0, 0.1) is 5.92 Å². The fourth-order valence-corrected chi connectivity index (χ4v) is 1.62. The number of carboxylic acids is 1. The molecule has 6 heteroatoms. The van der Waals surface area contributed by atoms with Crippen molar-refractivity contribution in [3.63, 3.8) is 0 Å². The van der Waals surface area contributed by atoms with E-state index in [1.807, 2.05) is 0 Å². The summed E-state index contributed by atoms with van der Waals surface area (Å²) in [6, 6.07) is 0.154. The van der Waals surface area contributed by atoms with Crippen LogP contribution in [0.25, 0.3) is 0 Å². The van der Waals surface area contributed by atoms with Gasteiger partial charge >= 0.3 is 5.97 Å². The molecule has 0 saturated heterocycles. The van der Waals surface area contributed by atoms with Gasteiger partial charge in [0, 0.05) is 12.6 Å². The normalized spacial score (nSPS) is 16.5. The summed E-state index contributed by atoms with van der Waals surface area (Å²) in [6.45, 7) is 1.81. The SMILES string of the molecule is CC(CN(C(=O)c1cocn1)C1CC1)C(=O)O. The van der Waals surface area contributed by atoms with E-state index < -0.39 is 11.9 Å². The first-order valence-corrected chi connectivity index (χ1v) is 5.51. The smallest absolute Gasteiger partial charge is 0.308 e. The molecule has 0 aliphatic heterocycles. The van der Waals surface area contributed by atoms with E-state index in [2.05, 4.69) is 4.98 Å². The van der Waals surface area contributed by atoms with Crippen LogP contribution in [0.3, 0.4) is 0 Å². The summed E-state index contributed by atoms with van der Waals surface area (Å²) in [5.74, 6) is -1.73. The molecular formula is C11H14N2O4. The van der Waals surface area contributed by atoms with Gasteiger partial charge in [-0.15, -0.1) is 0 Å². The molecule has 1 aromatic heterocycles. The molecule has 1 aliphatic carbocycles. The molecule has 1 heterocycles. The van der Waals surface area contributed by atoms with Gasteiger partial charge in [0.05, 0.1) is 5.92 Å². The van der Waals surface area contributed by atoms with Crippen molar-refractivity contribution in [2.75, 3.05) is 6.54 Å². The molecule has 0 radical (unpaired) electrons. The number of rotatable bonds is 5. The Hall–Kier alpha value is -1.85. The molecule has 0 spiro atoms. The summed E-state index contributed by atoms with van der Waals surface area (Å²) >= 11 is 0. The quantitative estimate of drug-likeness (QED) is 0.827. The number of carbonyl (C=O) groups is 2. The number of nitrogens with zero attached hydrogens (tertiary/aromatic N) is 2. The van der Waals surface area contributed by atoms with Gasteiger partial charge in [0.1, 0.15) is 6.26 Å². The molecule has 1 atom stereocenters. The number of hydrogen-bond donors (Lipinski definition) is 1. The van der Waals surface area contributed by atoms with Gasteiger partial charge in [-0.2, -0.15) is 0 Å². The highest BCUT2D eigenvalue weighted by Crippen LogP contribution is 2.28. The van der Waals surface area contributed by atoms with Gasteiger partial charge in [-0.3, -0.25) is 9.59 Å². The van der Waals surface area contributed by atoms with E-state index in [0.29, 0.717) is 0 Å². The summed E-state index contributed by atoms with van der Waals surface area (Å²) in [4.78, 5) is 28.2. The van der Waals surface area contributed by atoms with Crippen molar-refractivity contribution >= 4 is 11.9 Å². The Balaban J connectivity index is 2.07. The summed E-state index contributed by atoms with van der Waals surface area (Å²) in [6.07, 6.45) is 4.33. The lowest BCUT2D eigenvalue weighted by atomic mass is 10.1. The monoisotopic (exact) mass is 238 g/mol. The number of carboxylic acid groups (broad SMARTS) is 1. The van der Waals surface area contributed by atoms with Gasteiger partial charge in [-0.25, -0.2) is 4.98 Å². The third kappa shape index (κ3) is 2.64. The fourth-order valence-electron chi connectivity index (χ4n) is 1.62. The molecule has 1 N–H and O–H groups in total. The van der Waals surface area contributed by atoms with Crippen molar-refractivity contribution in [3.05, 3.63) is 18.4 Å². The lowest BCUT2D eigenvalue weighted by molar-refractivity contribution is -0.141. The minimum absolute atomic E-state index is 0.154. The van der Waals surface area contributed by atoms with Crippen molar-refractivity contribution in [1.82, 2.24) is 9.88 Å². The molecule has 1 amide bonds. The van der Waals surface area contributed by atoms with Crippen molar-refractivity contribution in [3.8, 4) is 0 Å². The largest absolute Gasteiger partial charge is 0.481 e. The third-order valence-electron chi connectivity index (χ3n) is 2.79. The van der Waals surface area contributed by atoms with Crippen LogP contribution in [-0.2, 0) is 4.79 Å². The molecule has 17 heavy (non-hydrogen) atoms. The van der Waals surface area contributed by atoms with Crippen LogP contribution < -0.4 is 0 Å². The molecule has 1 aromatic rings. The minimum Gasteiger partial charge on any atom is -0.481 e. The maximum Gasteiger partial charge on any atom is 0.308 e. The number of hydrogen-bond acceptors (Lipinski definition) is 4. The van der Waals surface area contributed by atoms with Crippen LogP contribution >= 0.6 is 0 Å². The molecule has 1 aliphatic rings. The second kappa shape index (κ2) is 4.57.